The van der Waals surface area contributed by atoms with Crippen LogP contribution in [0.25, 0.3) is 0 Å². The van der Waals surface area contributed by atoms with Crippen LogP contribution in [0.5, 0.6) is 0 Å². The molecule has 9 heteroatoms. The number of nitrogens with zero attached hydrogens (tertiary/aromatic N) is 2. The second-order valence-electron chi connectivity index (χ2n) is 3.47. The molecule has 96 valence electrons. The SMILES string of the molecule is CS(=O)c1nnc(Cc2cccc(S(=O)[O-])c2)s1.[Na+]. The quantitative estimate of drug-likeness (QED) is 0.485. The summed E-state index contributed by atoms with van der Waals surface area (Å²) in [6.07, 6.45) is 2.03. The van der Waals surface area contributed by atoms with Gasteiger partial charge in [-0.15, -0.1) is 10.2 Å². The predicted molar refractivity (Wildman–Crippen MR) is 68.7 cm³/mol. The molecule has 0 bridgehead atoms. The largest absolute Gasteiger partial charge is 1.00 e. The Kier molecular flexibility index (Phi) is 6.95. The molecule has 5 nitrogen and oxygen atoms in total. The molecule has 0 aliphatic rings. The Hall–Kier alpha value is 0.0400. The summed E-state index contributed by atoms with van der Waals surface area (Å²) < 4.78 is 33.3. The third-order valence-corrected chi connectivity index (χ3v) is 5.02. The third kappa shape index (κ3) is 4.82. The molecule has 0 N–H and O–H groups in total. The first-order chi connectivity index (χ1) is 8.56. The van der Waals surface area contributed by atoms with E-state index in [1.54, 1.807) is 18.4 Å². The molecular formula is C10H9N2NaO3S3. The first-order valence-corrected chi connectivity index (χ1v) is 8.35. The van der Waals surface area contributed by atoms with E-state index in [9.17, 15) is 13.0 Å². The van der Waals surface area contributed by atoms with Crippen LogP contribution in [0, 0.1) is 0 Å². The zero-order valence-electron chi connectivity index (χ0n) is 10.4. The van der Waals surface area contributed by atoms with Gasteiger partial charge in [-0.1, -0.05) is 23.5 Å². The normalized spacial score (nSPS) is 13.6. The van der Waals surface area contributed by atoms with Gasteiger partial charge in [0.1, 0.15) is 5.01 Å². The molecule has 0 radical (unpaired) electrons. The second kappa shape index (κ2) is 7.72. The molecule has 0 aliphatic carbocycles. The Morgan fingerprint density at radius 3 is 2.63 bits per heavy atom. The number of hydrogen-bond donors (Lipinski definition) is 0. The van der Waals surface area contributed by atoms with Crippen molar-refractivity contribution in [2.75, 3.05) is 6.26 Å². The van der Waals surface area contributed by atoms with Crippen LogP contribution in [-0.2, 0) is 28.3 Å². The summed E-state index contributed by atoms with van der Waals surface area (Å²) in [7, 11) is -1.13. The van der Waals surface area contributed by atoms with E-state index in [1.807, 2.05) is 6.07 Å². The van der Waals surface area contributed by atoms with Crippen molar-refractivity contribution in [3.05, 3.63) is 34.8 Å². The zero-order chi connectivity index (χ0) is 13.1. The third-order valence-electron chi connectivity index (χ3n) is 2.14. The fourth-order valence-electron chi connectivity index (χ4n) is 1.36. The van der Waals surface area contributed by atoms with Gasteiger partial charge in [-0.25, -0.2) is 0 Å². The Morgan fingerprint density at radius 1 is 1.32 bits per heavy atom. The zero-order valence-corrected chi connectivity index (χ0v) is 14.8. The van der Waals surface area contributed by atoms with E-state index in [1.165, 1.54) is 17.4 Å². The van der Waals surface area contributed by atoms with Gasteiger partial charge in [0.15, 0.2) is 0 Å². The average molecular weight is 324 g/mol. The van der Waals surface area contributed by atoms with Crippen molar-refractivity contribution in [3.63, 3.8) is 0 Å². The molecule has 0 saturated carbocycles. The minimum absolute atomic E-state index is 0. The Morgan fingerprint density at radius 2 is 2.05 bits per heavy atom. The van der Waals surface area contributed by atoms with Crippen LogP contribution in [0.4, 0.5) is 0 Å². The van der Waals surface area contributed by atoms with Gasteiger partial charge < -0.3 is 4.55 Å². The van der Waals surface area contributed by atoms with Crippen molar-refractivity contribution in [2.24, 2.45) is 0 Å². The molecule has 0 amide bonds. The van der Waals surface area contributed by atoms with Crippen LogP contribution in [0.15, 0.2) is 33.5 Å². The topological polar surface area (TPSA) is 83.0 Å². The maximum atomic E-state index is 11.2. The molecule has 0 saturated heterocycles. The summed E-state index contributed by atoms with van der Waals surface area (Å²) in [6.45, 7) is 0. The molecular weight excluding hydrogens is 315 g/mol. The molecule has 19 heavy (non-hydrogen) atoms. The molecule has 1 heterocycles. The van der Waals surface area contributed by atoms with Gasteiger partial charge in [0, 0.05) is 17.6 Å². The Labute approximate surface area is 141 Å². The molecule has 0 fully saturated rings. The van der Waals surface area contributed by atoms with Crippen LogP contribution < -0.4 is 29.6 Å². The molecule has 0 spiro atoms. The van der Waals surface area contributed by atoms with Crippen LogP contribution in [0.3, 0.4) is 0 Å². The standard InChI is InChI=1S/C10H10N2O3S3.Na/c1-17(13)10-12-11-9(16-10)6-7-3-2-4-8(5-7)18(14)15;/h2-5H,6H2,1H3,(H,14,15);/q;+1/p-1. The fraction of sp³-hybridized carbons (Fsp3) is 0.200. The first-order valence-electron chi connectivity index (χ1n) is 4.90. The molecule has 2 rings (SSSR count). The maximum absolute atomic E-state index is 11.2. The number of hydrogen-bond acceptors (Lipinski definition) is 6. The van der Waals surface area contributed by atoms with Gasteiger partial charge in [0.05, 0.1) is 10.8 Å². The minimum atomic E-state index is -2.23. The molecule has 0 aliphatic heterocycles. The van der Waals surface area contributed by atoms with Crippen molar-refractivity contribution in [1.82, 2.24) is 10.2 Å². The molecule has 2 atom stereocenters. The summed E-state index contributed by atoms with van der Waals surface area (Å²) >= 11 is -0.957. The van der Waals surface area contributed by atoms with Gasteiger partial charge in [0.2, 0.25) is 4.34 Å². The number of rotatable bonds is 4. The molecule has 1 aromatic heterocycles. The van der Waals surface area contributed by atoms with Crippen LogP contribution in [-0.4, -0.2) is 29.4 Å². The van der Waals surface area contributed by atoms with E-state index < -0.39 is 21.9 Å². The first kappa shape index (κ1) is 17.1. The Balaban J connectivity index is 0.00000180. The maximum Gasteiger partial charge on any atom is 1.00 e. The number of aromatic nitrogens is 2. The van der Waals surface area contributed by atoms with Gasteiger partial charge in [-0.2, -0.15) is 0 Å². The second-order valence-corrected chi connectivity index (χ2v) is 7.03. The average Bonchev–Trinajstić information content (AvgIpc) is 2.78. The van der Waals surface area contributed by atoms with E-state index >= 15 is 0 Å². The summed E-state index contributed by atoms with van der Waals surface area (Å²) in [5, 5.41) is 8.46. The van der Waals surface area contributed by atoms with Gasteiger partial charge in [-0.05, 0) is 28.8 Å². The van der Waals surface area contributed by atoms with Crippen molar-refractivity contribution < 1.29 is 42.5 Å². The molecule has 2 unspecified atom stereocenters. The predicted octanol–water partition coefficient (Wildman–Crippen LogP) is -1.89. The van der Waals surface area contributed by atoms with Crippen LogP contribution in [0.1, 0.15) is 10.6 Å². The fourth-order valence-corrected chi connectivity index (χ4v) is 3.31. The smallest absolute Gasteiger partial charge is 0.768 e. The van der Waals surface area contributed by atoms with E-state index in [0.717, 1.165) is 5.56 Å². The summed E-state index contributed by atoms with van der Waals surface area (Å²) in [5.41, 5.74) is 0.835. The summed E-state index contributed by atoms with van der Waals surface area (Å²) in [4.78, 5) is 0.247. The molecule has 1 aromatic carbocycles. The van der Waals surface area contributed by atoms with E-state index in [4.69, 9.17) is 0 Å². The van der Waals surface area contributed by atoms with Crippen LogP contribution >= 0.6 is 11.3 Å². The van der Waals surface area contributed by atoms with Gasteiger partial charge >= 0.3 is 29.6 Å². The van der Waals surface area contributed by atoms with Crippen molar-refractivity contribution in [3.8, 4) is 0 Å². The van der Waals surface area contributed by atoms with E-state index in [0.29, 0.717) is 15.8 Å². The summed E-state index contributed by atoms with van der Waals surface area (Å²) in [5.74, 6) is 0. The Bertz CT molecular complexity index is 618. The van der Waals surface area contributed by atoms with Crippen molar-refractivity contribution >= 4 is 33.2 Å². The van der Waals surface area contributed by atoms with E-state index in [-0.39, 0.29) is 34.5 Å². The minimum Gasteiger partial charge on any atom is -0.768 e. The van der Waals surface area contributed by atoms with Gasteiger partial charge in [0.25, 0.3) is 0 Å². The van der Waals surface area contributed by atoms with Crippen molar-refractivity contribution in [2.45, 2.75) is 15.7 Å². The summed E-state index contributed by atoms with van der Waals surface area (Å²) in [6, 6.07) is 6.62. The van der Waals surface area contributed by atoms with Gasteiger partial charge in [-0.3, -0.25) is 8.42 Å². The molecule has 2 aromatic rings. The van der Waals surface area contributed by atoms with Crippen molar-refractivity contribution in [1.29, 1.82) is 0 Å². The van der Waals surface area contributed by atoms with Crippen LogP contribution in [0.2, 0.25) is 0 Å². The monoisotopic (exact) mass is 324 g/mol. The number of benzene rings is 1. The van der Waals surface area contributed by atoms with E-state index in [2.05, 4.69) is 10.2 Å².